The number of nitrogens with zero attached hydrogens (tertiary/aromatic N) is 1. The largest absolute Gasteiger partial charge is 0.347 e. The lowest BCUT2D eigenvalue weighted by molar-refractivity contribution is -0.148. The van der Waals surface area contributed by atoms with Crippen LogP contribution in [0.3, 0.4) is 0 Å². The summed E-state index contributed by atoms with van der Waals surface area (Å²) in [5, 5.41) is 2.78. The lowest BCUT2D eigenvalue weighted by Crippen LogP contribution is -2.51. The van der Waals surface area contributed by atoms with Crippen LogP contribution in [0.15, 0.2) is 0 Å². The van der Waals surface area contributed by atoms with E-state index >= 15 is 0 Å². The van der Waals surface area contributed by atoms with E-state index in [2.05, 4.69) is 19.2 Å². The van der Waals surface area contributed by atoms with E-state index in [-0.39, 0.29) is 65.8 Å². The molecule has 0 unspecified atom stereocenters. The standard InChI is InChI=1S/C39H64N2O7S/c1-10-11-15-25(33(44)34(45)40-26-16-17-26)20-30(43)32-31-29(38(31,8)9)23-41(32)35(46)28(36(2,3)4)21-27(42)22-39(18-13-12-14-19-39)24-49(47,48)37(5,6)7/h25-26,28-29,31-32H,10-24H2,1-9H3,(H,40,45)/t25-,28-,29+,31+,32-/m1/s1. The minimum Gasteiger partial charge on any atom is -0.347 e. The number of likely N-dealkylation sites (tertiary alicyclic amines) is 1. The number of sulfone groups is 1. The van der Waals surface area contributed by atoms with Gasteiger partial charge in [-0.25, -0.2) is 8.42 Å². The van der Waals surface area contributed by atoms with Crippen molar-refractivity contribution < 1.29 is 32.4 Å². The smallest absolute Gasteiger partial charge is 0.287 e. The average molecular weight is 705 g/mol. The number of carbonyl (C=O) groups is 5. The molecule has 1 saturated heterocycles. The Labute approximate surface area is 295 Å². The maximum Gasteiger partial charge on any atom is 0.287 e. The molecule has 2 amide bonds. The number of hydrogen-bond acceptors (Lipinski definition) is 7. The Morgan fingerprint density at radius 3 is 2.06 bits per heavy atom. The van der Waals surface area contributed by atoms with Gasteiger partial charge in [0.1, 0.15) is 5.78 Å². The first-order valence-electron chi connectivity index (χ1n) is 19.0. The van der Waals surface area contributed by atoms with Crippen LogP contribution < -0.4 is 5.32 Å². The van der Waals surface area contributed by atoms with Crippen molar-refractivity contribution >= 4 is 39.0 Å². The van der Waals surface area contributed by atoms with Gasteiger partial charge in [0.2, 0.25) is 11.7 Å². The van der Waals surface area contributed by atoms with Gasteiger partial charge in [0.15, 0.2) is 15.6 Å². The molecule has 0 aromatic carbocycles. The fourth-order valence-corrected chi connectivity index (χ4v) is 10.3. The molecule has 0 aromatic heterocycles. The molecule has 0 radical (unpaired) electrons. The summed E-state index contributed by atoms with van der Waals surface area (Å²) in [6, 6.07) is -0.652. The van der Waals surface area contributed by atoms with Gasteiger partial charge in [-0.3, -0.25) is 24.0 Å². The number of nitrogens with one attached hydrogen (secondary N) is 1. The van der Waals surface area contributed by atoms with Gasteiger partial charge in [-0.1, -0.05) is 73.6 Å². The van der Waals surface area contributed by atoms with Gasteiger partial charge in [0.25, 0.3) is 5.91 Å². The SMILES string of the molecule is CCCC[C@H](CC(=O)[C@@H]1[C@@H]2[C@H](CN1C(=O)[C@@H](CC(=O)CC1(CS(=O)(=O)C(C)(C)C)CCCCC1)C(C)(C)C)C2(C)C)C(=O)C(=O)NC1CC1. The van der Waals surface area contributed by atoms with E-state index in [4.69, 9.17) is 0 Å². The van der Waals surface area contributed by atoms with Crippen LogP contribution in [0.25, 0.3) is 0 Å². The molecule has 9 nitrogen and oxygen atoms in total. The van der Waals surface area contributed by atoms with Gasteiger partial charge in [-0.2, -0.15) is 0 Å². The summed E-state index contributed by atoms with van der Waals surface area (Å²) in [6.07, 6.45) is 7.93. The zero-order valence-corrected chi connectivity index (χ0v) is 32.6. The summed E-state index contributed by atoms with van der Waals surface area (Å²) in [6.45, 7) is 17.6. The molecule has 4 rings (SSSR count). The second-order valence-corrected chi connectivity index (χ2v) is 21.5. The average Bonchev–Trinajstić information content (AvgIpc) is 3.83. The molecule has 49 heavy (non-hydrogen) atoms. The van der Waals surface area contributed by atoms with Gasteiger partial charge < -0.3 is 10.2 Å². The van der Waals surface area contributed by atoms with Crippen molar-refractivity contribution in [2.24, 2.45) is 39.9 Å². The summed E-state index contributed by atoms with van der Waals surface area (Å²) in [5.41, 5.74) is -1.33. The topological polar surface area (TPSA) is 135 Å². The summed E-state index contributed by atoms with van der Waals surface area (Å²) in [7, 11) is -3.46. The molecular formula is C39H64N2O7S. The predicted octanol–water partition coefficient (Wildman–Crippen LogP) is 6.26. The third-order valence-electron chi connectivity index (χ3n) is 12.4. The fourth-order valence-electron chi connectivity index (χ4n) is 8.67. The number of fused-ring (bicyclic) bond motifs is 1. The van der Waals surface area contributed by atoms with Gasteiger partial charge in [-0.15, -0.1) is 0 Å². The van der Waals surface area contributed by atoms with Crippen LogP contribution in [0.4, 0.5) is 0 Å². The summed E-state index contributed by atoms with van der Waals surface area (Å²) in [4.78, 5) is 70.5. The molecule has 0 aromatic rings. The minimum absolute atomic E-state index is 0.00522. The third-order valence-corrected chi connectivity index (χ3v) is 15.2. The van der Waals surface area contributed by atoms with Crippen molar-refractivity contribution in [3.8, 4) is 0 Å². The minimum atomic E-state index is -3.46. The highest BCUT2D eigenvalue weighted by atomic mass is 32.2. The molecule has 0 bridgehead atoms. The highest BCUT2D eigenvalue weighted by Gasteiger charge is 2.69. The monoisotopic (exact) mass is 704 g/mol. The Balaban J connectivity index is 1.54. The molecule has 4 aliphatic rings. The van der Waals surface area contributed by atoms with Gasteiger partial charge in [0, 0.05) is 43.7 Å². The van der Waals surface area contributed by atoms with E-state index in [1.807, 2.05) is 27.7 Å². The molecule has 3 saturated carbocycles. The molecule has 1 aliphatic heterocycles. The normalized spacial score (nSPS) is 26.0. The van der Waals surface area contributed by atoms with Crippen LogP contribution in [0.5, 0.6) is 0 Å². The number of carbonyl (C=O) groups excluding carboxylic acids is 5. The van der Waals surface area contributed by atoms with Crippen molar-refractivity contribution in [2.45, 2.75) is 163 Å². The fraction of sp³-hybridized carbons (Fsp3) is 0.872. The number of amides is 2. The Bertz CT molecular complexity index is 1390. The maximum absolute atomic E-state index is 14.6. The Morgan fingerprint density at radius 1 is 0.918 bits per heavy atom. The number of unbranched alkanes of at least 4 members (excludes halogenated alkanes) is 1. The highest BCUT2D eigenvalue weighted by Crippen LogP contribution is 2.65. The van der Waals surface area contributed by atoms with Crippen molar-refractivity contribution in [1.29, 1.82) is 0 Å². The zero-order valence-electron chi connectivity index (χ0n) is 31.8. The lowest BCUT2D eigenvalue weighted by atomic mass is 9.70. The number of piperidine rings is 1. The predicted molar refractivity (Wildman–Crippen MR) is 191 cm³/mol. The lowest BCUT2D eigenvalue weighted by Gasteiger charge is -2.40. The molecule has 4 fully saturated rings. The van der Waals surface area contributed by atoms with E-state index in [0.29, 0.717) is 25.8 Å². The number of hydrogen-bond donors (Lipinski definition) is 1. The first kappa shape index (κ1) is 39.7. The molecule has 278 valence electrons. The van der Waals surface area contributed by atoms with E-state index in [1.54, 1.807) is 25.7 Å². The van der Waals surface area contributed by atoms with Crippen molar-refractivity contribution in [3.63, 3.8) is 0 Å². The third kappa shape index (κ3) is 9.04. The molecular weight excluding hydrogens is 641 g/mol. The number of Topliss-reactive ketones (excluding diaryl/α,β-unsaturated/α-hetero) is 3. The van der Waals surface area contributed by atoms with Gasteiger partial charge in [-0.05, 0) is 81.0 Å². The summed E-state index contributed by atoms with van der Waals surface area (Å²) in [5.74, 6) is -2.96. The van der Waals surface area contributed by atoms with Gasteiger partial charge in [0.05, 0.1) is 16.5 Å². The van der Waals surface area contributed by atoms with E-state index in [1.165, 1.54) is 0 Å². The van der Waals surface area contributed by atoms with E-state index < -0.39 is 55.0 Å². The van der Waals surface area contributed by atoms with Crippen molar-refractivity contribution in [3.05, 3.63) is 0 Å². The summed E-state index contributed by atoms with van der Waals surface area (Å²) >= 11 is 0. The molecule has 1 heterocycles. The second-order valence-electron chi connectivity index (χ2n) is 18.8. The molecule has 0 spiro atoms. The maximum atomic E-state index is 14.6. The van der Waals surface area contributed by atoms with E-state index in [9.17, 15) is 32.4 Å². The first-order chi connectivity index (χ1) is 22.5. The van der Waals surface area contributed by atoms with Gasteiger partial charge >= 0.3 is 0 Å². The molecule has 5 atom stereocenters. The van der Waals surface area contributed by atoms with Crippen LogP contribution in [0.1, 0.15) is 146 Å². The zero-order chi connectivity index (χ0) is 36.7. The van der Waals surface area contributed by atoms with Crippen molar-refractivity contribution in [1.82, 2.24) is 10.2 Å². The van der Waals surface area contributed by atoms with Crippen molar-refractivity contribution in [2.75, 3.05) is 12.3 Å². The Kier molecular flexibility index (Phi) is 11.7. The van der Waals surface area contributed by atoms with Crippen LogP contribution >= 0.6 is 0 Å². The Morgan fingerprint density at radius 2 is 1.53 bits per heavy atom. The number of ketones is 3. The van der Waals surface area contributed by atoms with Crippen LogP contribution in [0.2, 0.25) is 0 Å². The Hall–Kier alpha value is -2.10. The quantitative estimate of drug-likeness (QED) is 0.188. The van der Waals surface area contributed by atoms with Crippen LogP contribution in [-0.2, 0) is 33.8 Å². The van der Waals surface area contributed by atoms with Crippen LogP contribution in [-0.4, -0.2) is 71.6 Å². The number of rotatable bonds is 16. The molecule has 3 aliphatic carbocycles. The van der Waals surface area contributed by atoms with E-state index in [0.717, 1.165) is 44.9 Å². The highest BCUT2D eigenvalue weighted by molar-refractivity contribution is 7.92. The molecule has 10 heteroatoms. The first-order valence-corrected chi connectivity index (χ1v) is 20.6. The summed E-state index contributed by atoms with van der Waals surface area (Å²) < 4.78 is 25.8. The second kappa shape index (κ2) is 14.5. The molecule has 1 N–H and O–H groups in total. The van der Waals surface area contributed by atoms with Crippen LogP contribution in [0, 0.1) is 39.9 Å².